The molecule has 0 saturated heterocycles. The van der Waals surface area contributed by atoms with Gasteiger partial charge in [-0.05, 0) is 6.42 Å². The van der Waals surface area contributed by atoms with E-state index < -0.39 is 0 Å². The fourth-order valence-electron chi connectivity index (χ4n) is 1.04. The number of H-pyrrole nitrogens is 1. The van der Waals surface area contributed by atoms with E-state index in [9.17, 15) is 9.59 Å². The van der Waals surface area contributed by atoms with Crippen molar-refractivity contribution in [3.8, 4) is 0 Å². The van der Waals surface area contributed by atoms with Gasteiger partial charge in [0.15, 0.2) is 5.16 Å². The fraction of sp³-hybridized carbons (Fsp3) is 0.625. The fourth-order valence-corrected chi connectivity index (χ4v) is 1.88. The first-order valence-electron chi connectivity index (χ1n) is 4.67. The van der Waals surface area contributed by atoms with Crippen LogP contribution in [0.15, 0.2) is 9.95 Å². The van der Waals surface area contributed by atoms with Crippen LogP contribution in [-0.2, 0) is 11.3 Å². The lowest BCUT2D eigenvalue weighted by molar-refractivity contribution is -0.118. The van der Waals surface area contributed by atoms with Gasteiger partial charge in [0, 0.05) is 13.6 Å². The number of nitrogens with zero attached hydrogens (tertiary/aromatic N) is 2. The molecule has 0 atom stereocenters. The van der Waals surface area contributed by atoms with Crippen LogP contribution in [0.1, 0.15) is 13.3 Å². The third-order valence-corrected chi connectivity index (χ3v) is 2.76. The second-order valence-corrected chi connectivity index (χ2v) is 3.87. The number of aromatic amines is 1. The minimum Gasteiger partial charge on any atom is -0.358 e. The van der Waals surface area contributed by atoms with Gasteiger partial charge in [-0.2, -0.15) is 0 Å². The largest absolute Gasteiger partial charge is 0.358 e. The number of carbonyl (C=O) groups excluding carboxylic acids is 1. The van der Waals surface area contributed by atoms with Crippen molar-refractivity contribution in [3.63, 3.8) is 0 Å². The van der Waals surface area contributed by atoms with E-state index in [-0.39, 0.29) is 17.3 Å². The van der Waals surface area contributed by atoms with E-state index in [1.54, 1.807) is 7.05 Å². The maximum atomic E-state index is 11.3. The zero-order valence-electron chi connectivity index (χ0n) is 8.74. The van der Waals surface area contributed by atoms with Crippen LogP contribution in [-0.4, -0.2) is 33.5 Å². The number of rotatable bonds is 5. The molecule has 0 bridgehead atoms. The number of amides is 1. The molecule has 6 nitrogen and oxygen atoms in total. The van der Waals surface area contributed by atoms with Crippen molar-refractivity contribution in [2.75, 3.05) is 12.8 Å². The Morgan fingerprint density at radius 1 is 1.67 bits per heavy atom. The average Bonchev–Trinajstić information content (AvgIpc) is 2.58. The molecule has 0 unspecified atom stereocenters. The van der Waals surface area contributed by atoms with Gasteiger partial charge in [-0.3, -0.25) is 9.36 Å². The second kappa shape index (κ2) is 5.59. The van der Waals surface area contributed by atoms with Gasteiger partial charge in [-0.1, -0.05) is 18.7 Å². The van der Waals surface area contributed by atoms with Crippen LogP contribution >= 0.6 is 11.8 Å². The highest BCUT2D eigenvalue weighted by atomic mass is 32.2. The van der Waals surface area contributed by atoms with Gasteiger partial charge in [-0.25, -0.2) is 9.89 Å². The summed E-state index contributed by atoms with van der Waals surface area (Å²) < 4.78 is 1.54. The quantitative estimate of drug-likeness (QED) is 0.688. The molecule has 0 saturated carbocycles. The molecular formula is C8H14N4O2S. The second-order valence-electron chi connectivity index (χ2n) is 2.92. The molecule has 0 radical (unpaired) electrons. The van der Waals surface area contributed by atoms with Crippen LogP contribution in [0.2, 0.25) is 0 Å². The van der Waals surface area contributed by atoms with Crippen molar-refractivity contribution in [3.05, 3.63) is 10.5 Å². The van der Waals surface area contributed by atoms with Crippen molar-refractivity contribution >= 4 is 17.7 Å². The highest BCUT2D eigenvalue weighted by molar-refractivity contribution is 7.99. The van der Waals surface area contributed by atoms with Crippen LogP contribution in [0.25, 0.3) is 0 Å². The Labute approximate surface area is 91.4 Å². The Balaban J connectivity index is 2.68. The normalized spacial score (nSPS) is 10.3. The zero-order chi connectivity index (χ0) is 11.3. The smallest absolute Gasteiger partial charge is 0.343 e. The highest BCUT2D eigenvalue weighted by Gasteiger charge is 2.09. The Morgan fingerprint density at radius 3 is 3.00 bits per heavy atom. The molecule has 1 rings (SSSR count). The summed E-state index contributed by atoms with van der Waals surface area (Å²) in [6.45, 7) is 2.60. The molecule has 0 aliphatic heterocycles. The van der Waals surface area contributed by atoms with Crippen molar-refractivity contribution in [2.45, 2.75) is 25.0 Å². The first-order valence-corrected chi connectivity index (χ1v) is 5.66. The van der Waals surface area contributed by atoms with E-state index in [2.05, 4.69) is 15.5 Å². The predicted octanol–water partition coefficient (Wildman–Crippen LogP) is -0.181. The van der Waals surface area contributed by atoms with Crippen LogP contribution in [0.4, 0.5) is 0 Å². The summed E-state index contributed by atoms with van der Waals surface area (Å²) in [6.07, 6.45) is 0.854. The third-order valence-electron chi connectivity index (χ3n) is 1.78. The summed E-state index contributed by atoms with van der Waals surface area (Å²) >= 11 is 1.25. The molecule has 1 aromatic heterocycles. The highest BCUT2D eigenvalue weighted by Crippen LogP contribution is 2.12. The molecule has 0 aliphatic rings. The summed E-state index contributed by atoms with van der Waals surface area (Å²) in [6, 6.07) is 0. The van der Waals surface area contributed by atoms with E-state index in [4.69, 9.17) is 0 Å². The number of thioether (sulfide) groups is 1. The predicted molar refractivity (Wildman–Crippen MR) is 57.9 cm³/mol. The molecule has 1 amide bonds. The lowest BCUT2D eigenvalue weighted by Crippen LogP contribution is -2.21. The molecule has 0 aromatic carbocycles. The number of hydrogen-bond donors (Lipinski definition) is 2. The molecule has 0 fully saturated rings. The van der Waals surface area contributed by atoms with Gasteiger partial charge in [0.05, 0.1) is 5.75 Å². The number of nitrogens with one attached hydrogen (secondary N) is 2. The molecule has 7 heteroatoms. The SMILES string of the molecule is CCCn1c(SCC(=O)NC)n[nH]c1=O. The van der Waals surface area contributed by atoms with Crippen LogP contribution in [0.3, 0.4) is 0 Å². The lowest BCUT2D eigenvalue weighted by Gasteiger charge is -2.02. The van der Waals surface area contributed by atoms with Crippen LogP contribution in [0, 0.1) is 0 Å². The van der Waals surface area contributed by atoms with E-state index in [1.165, 1.54) is 16.3 Å². The Bertz CT molecular complexity index is 384. The maximum absolute atomic E-state index is 11.3. The molecule has 15 heavy (non-hydrogen) atoms. The first kappa shape index (κ1) is 11.8. The molecular weight excluding hydrogens is 216 g/mol. The summed E-state index contributed by atoms with van der Waals surface area (Å²) in [7, 11) is 1.58. The van der Waals surface area contributed by atoms with Crippen LogP contribution < -0.4 is 11.0 Å². The van der Waals surface area contributed by atoms with Crippen LogP contribution in [0.5, 0.6) is 0 Å². The Hall–Kier alpha value is -1.24. The zero-order valence-corrected chi connectivity index (χ0v) is 9.56. The van der Waals surface area contributed by atoms with Gasteiger partial charge in [-0.15, -0.1) is 5.10 Å². The van der Waals surface area contributed by atoms with Gasteiger partial charge < -0.3 is 5.32 Å². The minimum absolute atomic E-state index is 0.0847. The molecule has 2 N–H and O–H groups in total. The summed E-state index contributed by atoms with van der Waals surface area (Å²) in [5.74, 6) is 0.184. The summed E-state index contributed by atoms with van der Waals surface area (Å²) in [5, 5.41) is 9.29. The topological polar surface area (TPSA) is 79.8 Å². The number of carbonyl (C=O) groups is 1. The van der Waals surface area contributed by atoms with Crippen molar-refractivity contribution in [1.29, 1.82) is 0 Å². The monoisotopic (exact) mass is 230 g/mol. The number of aromatic nitrogens is 3. The standard InChI is InChI=1S/C8H14N4O2S/c1-3-4-12-7(14)10-11-8(12)15-5-6(13)9-2/h3-5H2,1-2H3,(H,9,13)(H,10,14). The van der Waals surface area contributed by atoms with Gasteiger partial charge in [0.1, 0.15) is 0 Å². The third kappa shape index (κ3) is 3.12. The van der Waals surface area contributed by atoms with Gasteiger partial charge in [0.25, 0.3) is 0 Å². The number of hydrogen-bond acceptors (Lipinski definition) is 4. The molecule has 1 heterocycles. The van der Waals surface area contributed by atoms with Gasteiger partial charge >= 0.3 is 5.69 Å². The Morgan fingerprint density at radius 2 is 2.40 bits per heavy atom. The van der Waals surface area contributed by atoms with Crippen molar-refractivity contribution in [1.82, 2.24) is 20.1 Å². The van der Waals surface area contributed by atoms with Crippen molar-refractivity contribution in [2.24, 2.45) is 0 Å². The molecule has 0 spiro atoms. The first-order chi connectivity index (χ1) is 7.19. The van der Waals surface area contributed by atoms with E-state index >= 15 is 0 Å². The van der Waals surface area contributed by atoms with Gasteiger partial charge in [0.2, 0.25) is 5.91 Å². The lowest BCUT2D eigenvalue weighted by atomic mass is 10.5. The molecule has 1 aromatic rings. The molecule has 0 aliphatic carbocycles. The molecule has 84 valence electrons. The maximum Gasteiger partial charge on any atom is 0.343 e. The van der Waals surface area contributed by atoms with E-state index in [0.29, 0.717) is 11.7 Å². The average molecular weight is 230 g/mol. The van der Waals surface area contributed by atoms with Crippen molar-refractivity contribution < 1.29 is 4.79 Å². The summed E-state index contributed by atoms with van der Waals surface area (Å²) in [4.78, 5) is 22.3. The Kier molecular flexibility index (Phi) is 4.41. The van der Waals surface area contributed by atoms with E-state index in [1.807, 2.05) is 6.92 Å². The van der Waals surface area contributed by atoms with E-state index in [0.717, 1.165) is 6.42 Å². The summed E-state index contributed by atoms with van der Waals surface area (Å²) in [5.41, 5.74) is -0.226. The minimum atomic E-state index is -0.226.